The van der Waals surface area contributed by atoms with Gasteiger partial charge in [-0.3, -0.25) is 19.3 Å². The SMILES string of the molecule is CCOc1cc(C(=O)O[C@H](C)C(=O)NCCN2C(=O)CSC2=O)ccc1OC. The molecule has 0 saturated carbocycles. The van der Waals surface area contributed by atoms with Crippen molar-refractivity contribution in [3.05, 3.63) is 23.8 Å². The predicted molar refractivity (Wildman–Crippen MR) is 102 cm³/mol. The van der Waals surface area contributed by atoms with E-state index in [2.05, 4.69) is 5.32 Å². The number of ether oxygens (including phenoxy) is 3. The molecule has 9 nitrogen and oxygen atoms in total. The van der Waals surface area contributed by atoms with Gasteiger partial charge in [-0.1, -0.05) is 11.8 Å². The minimum absolute atomic E-state index is 0.0767. The van der Waals surface area contributed by atoms with Crippen molar-refractivity contribution < 1.29 is 33.4 Å². The lowest BCUT2D eigenvalue weighted by molar-refractivity contribution is -0.130. The number of hydrogen-bond donors (Lipinski definition) is 1. The molecule has 1 atom stereocenters. The molecule has 1 fully saturated rings. The Morgan fingerprint density at radius 2 is 2.04 bits per heavy atom. The number of hydrogen-bond acceptors (Lipinski definition) is 8. The number of methoxy groups -OCH3 is 1. The van der Waals surface area contributed by atoms with Crippen molar-refractivity contribution in [1.29, 1.82) is 0 Å². The second-order valence-corrected chi connectivity index (χ2v) is 6.66. The zero-order valence-electron chi connectivity index (χ0n) is 15.9. The van der Waals surface area contributed by atoms with Crippen molar-refractivity contribution in [2.75, 3.05) is 32.6 Å². The van der Waals surface area contributed by atoms with Crippen LogP contribution in [-0.4, -0.2) is 66.6 Å². The van der Waals surface area contributed by atoms with Gasteiger partial charge in [0.1, 0.15) is 0 Å². The van der Waals surface area contributed by atoms with Gasteiger partial charge in [0.15, 0.2) is 17.6 Å². The van der Waals surface area contributed by atoms with Crippen LogP contribution in [0.2, 0.25) is 0 Å². The molecular formula is C18H22N2O7S. The number of thioether (sulfide) groups is 1. The molecule has 0 aromatic heterocycles. The van der Waals surface area contributed by atoms with Gasteiger partial charge in [0.05, 0.1) is 25.0 Å². The van der Waals surface area contributed by atoms with E-state index in [-0.39, 0.29) is 35.6 Å². The molecule has 152 valence electrons. The number of nitrogens with one attached hydrogen (secondary N) is 1. The van der Waals surface area contributed by atoms with Crippen LogP contribution in [0, 0.1) is 0 Å². The Hall–Kier alpha value is -2.75. The van der Waals surface area contributed by atoms with E-state index in [1.54, 1.807) is 13.0 Å². The summed E-state index contributed by atoms with van der Waals surface area (Å²) in [5, 5.41) is 2.21. The second-order valence-electron chi connectivity index (χ2n) is 5.74. The van der Waals surface area contributed by atoms with E-state index in [4.69, 9.17) is 14.2 Å². The third-order valence-electron chi connectivity index (χ3n) is 3.83. The highest BCUT2D eigenvalue weighted by atomic mass is 32.2. The maximum Gasteiger partial charge on any atom is 0.339 e. The van der Waals surface area contributed by atoms with E-state index in [9.17, 15) is 19.2 Å². The first-order valence-electron chi connectivity index (χ1n) is 8.64. The average molecular weight is 410 g/mol. The molecule has 2 rings (SSSR count). The second kappa shape index (κ2) is 9.98. The summed E-state index contributed by atoms with van der Waals surface area (Å²) in [4.78, 5) is 48.4. The fourth-order valence-corrected chi connectivity index (χ4v) is 3.14. The molecule has 0 radical (unpaired) electrons. The number of carbonyl (C=O) groups is 4. The van der Waals surface area contributed by atoms with E-state index in [0.717, 1.165) is 16.7 Å². The van der Waals surface area contributed by atoms with Crippen LogP contribution in [-0.2, 0) is 14.3 Å². The molecule has 1 aliphatic heterocycles. The summed E-state index contributed by atoms with van der Waals surface area (Å²) in [6, 6.07) is 4.57. The van der Waals surface area contributed by atoms with Gasteiger partial charge in [-0.15, -0.1) is 0 Å². The van der Waals surface area contributed by atoms with Gasteiger partial charge in [-0.25, -0.2) is 4.79 Å². The van der Waals surface area contributed by atoms with Crippen LogP contribution < -0.4 is 14.8 Å². The maximum atomic E-state index is 12.3. The Labute approximate surface area is 166 Å². The Morgan fingerprint density at radius 1 is 1.29 bits per heavy atom. The number of nitrogens with zero attached hydrogens (tertiary/aromatic N) is 1. The van der Waals surface area contributed by atoms with E-state index in [1.165, 1.54) is 26.2 Å². The van der Waals surface area contributed by atoms with Crippen LogP contribution in [0.25, 0.3) is 0 Å². The molecular weight excluding hydrogens is 388 g/mol. The number of imide groups is 1. The summed E-state index contributed by atoms with van der Waals surface area (Å²) in [5.74, 6) is -0.505. The average Bonchev–Trinajstić information content (AvgIpc) is 3.00. The Balaban J connectivity index is 1.87. The Kier molecular flexibility index (Phi) is 7.68. The number of rotatable bonds is 9. The van der Waals surface area contributed by atoms with Gasteiger partial charge in [0, 0.05) is 13.1 Å². The van der Waals surface area contributed by atoms with Crippen molar-refractivity contribution >= 4 is 34.8 Å². The van der Waals surface area contributed by atoms with Crippen molar-refractivity contribution in [2.24, 2.45) is 0 Å². The molecule has 0 spiro atoms. The Bertz CT molecular complexity index is 752. The molecule has 1 aliphatic rings. The molecule has 1 N–H and O–H groups in total. The summed E-state index contributed by atoms with van der Waals surface area (Å²) in [5.41, 5.74) is 0.217. The number of carbonyl (C=O) groups excluding carboxylic acids is 4. The number of benzene rings is 1. The van der Waals surface area contributed by atoms with Gasteiger partial charge in [0.2, 0.25) is 5.91 Å². The molecule has 1 heterocycles. The molecule has 1 saturated heterocycles. The van der Waals surface area contributed by atoms with Gasteiger partial charge >= 0.3 is 5.97 Å². The van der Waals surface area contributed by atoms with Gasteiger partial charge < -0.3 is 19.5 Å². The highest BCUT2D eigenvalue weighted by Gasteiger charge is 2.29. The first kappa shape index (κ1) is 21.5. The summed E-state index contributed by atoms with van der Waals surface area (Å²) in [7, 11) is 1.49. The molecule has 0 unspecified atom stereocenters. The summed E-state index contributed by atoms with van der Waals surface area (Å²) >= 11 is 0.928. The topological polar surface area (TPSA) is 111 Å². The summed E-state index contributed by atoms with van der Waals surface area (Å²) in [6.45, 7) is 3.79. The van der Waals surface area contributed by atoms with E-state index in [0.29, 0.717) is 18.1 Å². The van der Waals surface area contributed by atoms with Crippen molar-refractivity contribution in [2.45, 2.75) is 20.0 Å². The van der Waals surface area contributed by atoms with Crippen LogP contribution in [0.3, 0.4) is 0 Å². The Morgan fingerprint density at radius 3 is 2.64 bits per heavy atom. The molecule has 0 aliphatic carbocycles. The lowest BCUT2D eigenvalue weighted by Gasteiger charge is -2.16. The van der Waals surface area contributed by atoms with Crippen LogP contribution in [0.5, 0.6) is 11.5 Å². The lowest BCUT2D eigenvalue weighted by atomic mass is 10.2. The van der Waals surface area contributed by atoms with Crippen molar-refractivity contribution in [3.63, 3.8) is 0 Å². The van der Waals surface area contributed by atoms with Gasteiger partial charge in [0.25, 0.3) is 11.1 Å². The van der Waals surface area contributed by atoms with Crippen LogP contribution in [0.1, 0.15) is 24.2 Å². The van der Waals surface area contributed by atoms with Gasteiger partial charge in [-0.05, 0) is 32.0 Å². The molecule has 1 aromatic carbocycles. The van der Waals surface area contributed by atoms with E-state index < -0.39 is 18.0 Å². The third-order valence-corrected chi connectivity index (χ3v) is 4.69. The lowest BCUT2D eigenvalue weighted by Crippen LogP contribution is -2.41. The maximum absolute atomic E-state index is 12.3. The normalized spacial score (nSPS) is 14.6. The molecule has 28 heavy (non-hydrogen) atoms. The van der Waals surface area contributed by atoms with Crippen LogP contribution >= 0.6 is 11.8 Å². The van der Waals surface area contributed by atoms with Crippen LogP contribution in [0.15, 0.2) is 18.2 Å². The molecule has 10 heteroatoms. The monoisotopic (exact) mass is 410 g/mol. The molecule has 0 bridgehead atoms. The fourth-order valence-electron chi connectivity index (χ4n) is 2.39. The van der Waals surface area contributed by atoms with E-state index in [1.807, 2.05) is 0 Å². The summed E-state index contributed by atoms with van der Waals surface area (Å²) < 4.78 is 15.7. The largest absolute Gasteiger partial charge is 0.493 e. The highest BCUT2D eigenvalue weighted by Crippen LogP contribution is 2.28. The zero-order valence-corrected chi connectivity index (χ0v) is 16.7. The van der Waals surface area contributed by atoms with Crippen molar-refractivity contribution in [3.8, 4) is 11.5 Å². The zero-order chi connectivity index (χ0) is 20.7. The van der Waals surface area contributed by atoms with E-state index >= 15 is 0 Å². The first-order chi connectivity index (χ1) is 13.4. The third kappa shape index (κ3) is 5.38. The van der Waals surface area contributed by atoms with Gasteiger partial charge in [-0.2, -0.15) is 0 Å². The minimum Gasteiger partial charge on any atom is -0.493 e. The van der Waals surface area contributed by atoms with Crippen molar-refractivity contribution in [1.82, 2.24) is 10.2 Å². The molecule has 1 aromatic rings. The van der Waals surface area contributed by atoms with Crippen LogP contribution in [0.4, 0.5) is 4.79 Å². The minimum atomic E-state index is -1.05. The fraction of sp³-hybridized carbons (Fsp3) is 0.444. The first-order valence-corrected chi connectivity index (χ1v) is 9.62. The number of amides is 3. The highest BCUT2D eigenvalue weighted by molar-refractivity contribution is 8.14. The quantitative estimate of drug-likeness (QED) is 0.609. The number of esters is 1. The summed E-state index contributed by atoms with van der Waals surface area (Å²) in [6.07, 6.45) is -1.05. The molecule has 3 amide bonds. The standard InChI is InChI=1S/C18H22N2O7S/c1-4-26-14-9-12(5-6-13(14)25-3)17(23)27-11(2)16(22)19-7-8-20-15(21)10-28-18(20)24/h5-6,9,11H,4,7-8,10H2,1-3H3,(H,19,22)/t11-/m1/s1. The predicted octanol–water partition coefficient (Wildman–Crippen LogP) is 1.45. The smallest absolute Gasteiger partial charge is 0.339 e.